The molecule has 0 amide bonds. The van der Waals surface area contributed by atoms with Gasteiger partial charge in [0.2, 0.25) is 0 Å². The Morgan fingerprint density at radius 2 is 1.65 bits per heavy atom. The van der Waals surface area contributed by atoms with Gasteiger partial charge in [-0.2, -0.15) is 0 Å². The Morgan fingerprint density at radius 1 is 0.980 bits per heavy atom. The third-order valence-corrected chi connectivity index (χ3v) is 11.8. The molecule has 1 N–H and O–H groups in total. The van der Waals surface area contributed by atoms with E-state index in [0.717, 1.165) is 56.8 Å². The number of benzene rings is 3. The van der Waals surface area contributed by atoms with E-state index in [9.17, 15) is 9.90 Å². The molecule has 6 rings (SSSR count). The number of carbonyl (C=O) groups is 1. The fourth-order valence-corrected chi connectivity index (χ4v) is 8.20. The first-order chi connectivity index (χ1) is 27.5. The number of aromatic nitrogens is 2. The van der Waals surface area contributed by atoms with Gasteiger partial charge in [0.15, 0.2) is 5.78 Å². The van der Waals surface area contributed by atoms with Gasteiger partial charge in [0.25, 0.3) is 0 Å². The van der Waals surface area contributed by atoms with Crippen molar-refractivity contribution in [2.45, 2.75) is 118 Å². The average molecular weight is 891 g/mol. The zero-order valence-corrected chi connectivity index (χ0v) is 34.0. The van der Waals surface area contributed by atoms with Crippen molar-refractivity contribution in [1.82, 2.24) is 9.97 Å². The van der Waals surface area contributed by atoms with Crippen molar-refractivity contribution in [3.05, 3.63) is 78.3 Å². The summed E-state index contributed by atoms with van der Waals surface area (Å²) < 4.78 is 81.9. The fraction of sp³-hybridized carbons (Fsp3) is 0.477. The number of allylic oxidation sites excluding steroid dienone is 2. The summed E-state index contributed by atoms with van der Waals surface area (Å²) in [4.78, 5) is 20.7. The number of rotatable bonds is 10. The number of ketones is 1. The minimum absolute atomic E-state index is 0. The Balaban J connectivity index is 0.000000425. The van der Waals surface area contributed by atoms with Crippen molar-refractivity contribution in [2.75, 3.05) is 0 Å². The molecule has 275 valence electrons. The minimum atomic E-state index is -5.34. The molecule has 0 aliphatic heterocycles. The molecule has 2 aromatic heterocycles. The Bertz CT molecular complexity index is 2260. The normalized spacial score (nSPS) is 18.7. The van der Waals surface area contributed by atoms with E-state index in [-0.39, 0.29) is 65.3 Å². The molecule has 1 aliphatic carbocycles. The Morgan fingerprint density at radius 3 is 2.29 bits per heavy atom. The standard InChI is InChI=1S/C31H33N2OSi.C13H24O2.Ir/c1-31(2)14-12-20(13-15-31)21-10-11-25-26(17-21)34-30-28(32-19-33-29(25)30)23-16-22-8-6-7-9-24(22)27(18-23)35(3,4)5;1-5-10(6-2)12(14)9-13(15)11(7-3)8-4;/h6-11,17-20H,12-15H2,1-5H3;9-11,14H,5-8H2,1-4H3;/q-1;;/b;12-9-;/i3D3,4D3,5D3;;. The minimum Gasteiger partial charge on any atom is -0.512 e. The molecule has 7 heteroatoms. The maximum absolute atomic E-state index is 11.7. The number of aliphatic hydroxyl groups excluding tert-OH is 1. The Hall–Kier alpha value is -3.12. The van der Waals surface area contributed by atoms with Crippen LogP contribution in [0.1, 0.15) is 117 Å². The topological polar surface area (TPSA) is 76.2 Å². The second kappa shape index (κ2) is 17.1. The number of hydrogen-bond donors (Lipinski definition) is 1. The van der Waals surface area contributed by atoms with Gasteiger partial charge in [0.1, 0.15) is 23.0 Å². The zero-order chi connectivity index (χ0) is 43.7. The van der Waals surface area contributed by atoms with Crippen LogP contribution < -0.4 is 5.19 Å². The fourth-order valence-electron chi connectivity index (χ4n) is 7.22. The van der Waals surface area contributed by atoms with E-state index in [0.29, 0.717) is 33.4 Å². The van der Waals surface area contributed by atoms with E-state index >= 15 is 0 Å². The first kappa shape index (κ1) is 29.3. The van der Waals surface area contributed by atoms with Crippen molar-refractivity contribution in [3.63, 3.8) is 0 Å². The van der Waals surface area contributed by atoms with Gasteiger partial charge < -0.3 is 9.52 Å². The van der Waals surface area contributed by atoms with Crippen LogP contribution in [0.4, 0.5) is 0 Å². The molecule has 5 nitrogen and oxygen atoms in total. The van der Waals surface area contributed by atoms with Gasteiger partial charge in [-0.05, 0) is 80.4 Å². The van der Waals surface area contributed by atoms with Crippen molar-refractivity contribution in [1.29, 1.82) is 0 Å². The number of aliphatic hydroxyl groups is 1. The van der Waals surface area contributed by atoms with Gasteiger partial charge in [-0.15, -0.1) is 28.8 Å². The predicted octanol–water partition coefficient (Wildman–Crippen LogP) is 12.1. The molecule has 0 atom stereocenters. The summed E-state index contributed by atoms with van der Waals surface area (Å²) in [5.74, 6) is 0.978. The first-order valence-electron chi connectivity index (χ1n) is 22.6. The van der Waals surface area contributed by atoms with Crippen LogP contribution in [0.15, 0.2) is 71.1 Å². The molecular weight excluding hydrogens is 825 g/mol. The van der Waals surface area contributed by atoms with Gasteiger partial charge >= 0.3 is 0 Å². The molecule has 1 radical (unpaired) electrons. The number of carbonyl (C=O) groups excluding carboxylic acids is 1. The monoisotopic (exact) mass is 891 g/mol. The molecular formula is C44H57IrN2O3Si-. The van der Waals surface area contributed by atoms with E-state index in [1.165, 1.54) is 24.0 Å². The van der Waals surface area contributed by atoms with Gasteiger partial charge in [0.05, 0.1) is 19.5 Å². The molecule has 51 heavy (non-hydrogen) atoms. The maximum atomic E-state index is 11.7. The molecule has 1 aliphatic rings. The van der Waals surface area contributed by atoms with Crippen LogP contribution in [0, 0.1) is 23.3 Å². The first-order valence-corrected chi connectivity index (χ1v) is 20.1. The molecule has 0 unspecified atom stereocenters. The van der Waals surface area contributed by atoms with E-state index in [4.69, 9.17) is 16.8 Å². The summed E-state index contributed by atoms with van der Waals surface area (Å²) in [6.07, 6.45) is 10.8. The summed E-state index contributed by atoms with van der Waals surface area (Å²) in [6, 6.07) is 17.3. The van der Waals surface area contributed by atoms with Crippen LogP contribution in [0.3, 0.4) is 0 Å². The van der Waals surface area contributed by atoms with E-state index in [1.54, 1.807) is 24.3 Å². The van der Waals surface area contributed by atoms with Crippen LogP contribution in [0.2, 0.25) is 19.4 Å². The van der Waals surface area contributed by atoms with Crippen molar-refractivity contribution in [3.8, 4) is 11.3 Å². The molecule has 3 aromatic carbocycles. The number of furan rings is 1. The molecule has 0 spiro atoms. The maximum Gasteiger partial charge on any atom is 0.162 e. The summed E-state index contributed by atoms with van der Waals surface area (Å²) in [5, 5.41) is 11.0. The van der Waals surface area contributed by atoms with Crippen LogP contribution in [0.5, 0.6) is 0 Å². The predicted molar refractivity (Wildman–Crippen MR) is 213 cm³/mol. The van der Waals surface area contributed by atoms with Gasteiger partial charge in [-0.3, -0.25) is 9.78 Å². The van der Waals surface area contributed by atoms with E-state index < -0.39 is 27.5 Å². The summed E-state index contributed by atoms with van der Waals surface area (Å²) in [7, 11) is -5.34. The Labute approximate surface area is 332 Å². The third-order valence-electron chi connectivity index (χ3n) is 10.6. The summed E-state index contributed by atoms with van der Waals surface area (Å²) in [5.41, 5.74) is 3.60. The quantitative estimate of drug-likeness (QED) is 0.0654. The second-order valence-electron chi connectivity index (χ2n) is 14.6. The van der Waals surface area contributed by atoms with Gasteiger partial charge in [0, 0.05) is 55.7 Å². The summed E-state index contributed by atoms with van der Waals surface area (Å²) >= 11 is 0. The molecule has 1 fully saturated rings. The SMILES string of the molecule is CCC(CC)C(=O)/C=C(\O)C(CC)CC.[2H]C([2H])([2H])[Si](c1cc(-c2ncnc3c2oc2cc(C4CCC(C)(C)CC4)ccc23)[c-]c2ccccc12)(C([2H])([2H])[2H])C([2H])([2H])[2H].[Ir]. The Kier molecular flexibility index (Phi) is 9.86. The van der Waals surface area contributed by atoms with Crippen LogP contribution in [-0.4, -0.2) is 28.9 Å². The van der Waals surface area contributed by atoms with Crippen molar-refractivity contribution >= 4 is 51.9 Å². The van der Waals surface area contributed by atoms with Crippen LogP contribution >= 0.6 is 0 Å². The van der Waals surface area contributed by atoms with Gasteiger partial charge in [-0.25, -0.2) is 4.98 Å². The smallest absolute Gasteiger partial charge is 0.162 e. The largest absolute Gasteiger partial charge is 0.512 e. The number of nitrogens with zero attached hydrogens (tertiary/aromatic N) is 2. The van der Waals surface area contributed by atoms with Crippen LogP contribution in [0.25, 0.3) is 44.1 Å². The molecule has 5 aromatic rings. The molecule has 2 heterocycles. The third kappa shape index (κ3) is 9.28. The van der Waals surface area contributed by atoms with Crippen LogP contribution in [-0.2, 0) is 24.9 Å². The van der Waals surface area contributed by atoms with Crippen molar-refractivity contribution in [2.24, 2.45) is 17.3 Å². The zero-order valence-electron chi connectivity index (χ0n) is 39.7. The number of fused-ring (bicyclic) bond motifs is 4. The molecule has 1 saturated carbocycles. The average Bonchev–Trinajstić information content (AvgIpc) is 3.52. The van der Waals surface area contributed by atoms with E-state index in [1.807, 2.05) is 33.8 Å². The summed E-state index contributed by atoms with van der Waals surface area (Å²) in [6.45, 7) is 2.84. The molecule has 0 bridgehead atoms. The second-order valence-corrected chi connectivity index (χ2v) is 16.6. The number of hydrogen-bond acceptors (Lipinski definition) is 5. The van der Waals surface area contributed by atoms with Gasteiger partial charge in [-0.1, -0.05) is 96.2 Å². The van der Waals surface area contributed by atoms with Crippen molar-refractivity contribution < 1.29 is 46.8 Å². The van der Waals surface area contributed by atoms with E-state index in [2.05, 4.69) is 42.0 Å². The molecule has 0 saturated heterocycles.